The molecule has 0 saturated carbocycles. The summed E-state index contributed by atoms with van der Waals surface area (Å²) in [5.41, 5.74) is 0.796. The molecule has 0 radical (unpaired) electrons. The Morgan fingerprint density at radius 2 is 1.71 bits per heavy atom. The first-order valence-corrected chi connectivity index (χ1v) is 3.86. The maximum absolute atomic E-state index is 10.5. The van der Waals surface area contributed by atoms with Crippen LogP contribution in [-0.2, 0) is 17.1 Å². The number of ketones is 1. The smallest absolute Gasteiger partial charge is 0.999 e. The van der Waals surface area contributed by atoms with Gasteiger partial charge in [0.05, 0.1) is 0 Å². The zero-order chi connectivity index (χ0) is 9.52. The second-order valence-electron chi connectivity index (χ2n) is 2.41. The molecule has 74 valence electrons. The van der Waals surface area contributed by atoms with Crippen LogP contribution in [0.5, 0.6) is 0 Å². The van der Waals surface area contributed by atoms with E-state index in [0.717, 1.165) is 5.56 Å². The minimum atomic E-state index is 0. The predicted octanol–water partition coefficient (Wildman–Crippen LogP) is 2.21. The van der Waals surface area contributed by atoms with Gasteiger partial charge in [0.25, 0.3) is 0 Å². The normalized spacial score (nSPS) is 8.07. The van der Waals surface area contributed by atoms with Crippen LogP contribution in [0, 0.1) is 24.3 Å². The number of Topliss-reactive ketones (excluding diaryl/α,β-unsaturated/α-hetero) is 1. The Morgan fingerprint density at radius 3 is 1.93 bits per heavy atom. The fraction of sp³-hybridized carbons (Fsp3) is 0.0833. The van der Waals surface area contributed by atoms with Gasteiger partial charge in [0.15, 0.2) is 0 Å². The SMILES string of the molecule is CC(=O)[c-]1cccc1.[Fe+2].[c-]1[c-][c-][cH-][c-]1. The summed E-state index contributed by atoms with van der Waals surface area (Å²) in [5.74, 6) is 0.134. The Bertz CT molecular complexity index is 302. The van der Waals surface area contributed by atoms with Crippen molar-refractivity contribution in [1.82, 2.24) is 0 Å². The van der Waals surface area contributed by atoms with Crippen molar-refractivity contribution in [2.24, 2.45) is 0 Å². The molecule has 0 spiro atoms. The maximum atomic E-state index is 10.5. The second kappa shape index (κ2) is 7.31. The van der Waals surface area contributed by atoms with Crippen LogP contribution in [0.15, 0.2) is 30.3 Å². The van der Waals surface area contributed by atoms with Crippen molar-refractivity contribution in [3.05, 3.63) is 60.2 Å². The van der Waals surface area contributed by atoms with Gasteiger partial charge in [-0.25, -0.2) is 12.1 Å². The average molecular weight is 224 g/mol. The molecule has 2 aromatic rings. The second-order valence-corrected chi connectivity index (χ2v) is 2.41. The first-order chi connectivity index (χ1) is 6.30. The molecule has 0 aliphatic heterocycles. The zero-order valence-electron chi connectivity index (χ0n) is 7.65. The molecule has 0 amide bonds. The van der Waals surface area contributed by atoms with Crippen LogP contribution in [0.25, 0.3) is 0 Å². The summed E-state index contributed by atoms with van der Waals surface area (Å²) < 4.78 is 0. The summed E-state index contributed by atoms with van der Waals surface area (Å²) in [6.07, 6.45) is 0. The topological polar surface area (TPSA) is 17.1 Å². The van der Waals surface area contributed by atoms with Crippen molar-refractivity contribution in [2.45, 2.75) is 6.92 Å². The molecule has 14 heavy (non-hydrogen) atoms. The van der Waals surface area contributed by atoms with Gasteiger partial charge in [-0.05, 0) is 6.92 Å². The third-order valence-corrected chi connectivity index (χ3v) is 1.42. The van der Waals surface area contributed by atoms with E-state index in [-0.39, 0.29) is 22.9 Å². The van der Waals surface area contributed by atoms with E-state index in [1.165, 1.54) is 0 Å². The number of hydrogen-bond acceptors (Lipinski definition) is 1. The van der Waals surface area contributed by atoms with E-state index in [0.29, 0.717) is 0 Å². The third kappa shape index (κ3) is 4.80. The maximum Gasteiger partial charge on any atom is 2.00 e. The van der Waals surface area contributed by atoms with E-state index in [4.69, 9.17) is 0 Å². The van der Waals surface area contributed by atoms with Gasteiger partial charge in [-0.3, -0.25) is 0 Å². The van der Waals surface area contributed by atoms with Crippen LogP contribution in [0.3, 0.4) is 0 Å². The largest absolute Gasteiger partial charge is 2.00 e. The standard InChI is InChI=1S/C7H7O.C5H.Fe/c1-6(8)7-4-2-3-5-7;1-2-4-5-3-1;/h2-5H,1H3;1H;/q-1;-5;+2. The molecule has 2 rings (SSSR count). The molecule has 0 aliphatic rings. The van der Waals surface area contributed by atoms with Crippen LogP contribution in [0.4, 0.5) is 0 Å². The fourth-order valence-electron chi connectivity index (χ4n) is 0.789. The Labute approximate surface area is 95.0 Å². The van der Waals surface area contributed by atoms with Gasteiger partial charge in [-0.1, -0.05) is 5.56 Å². The van der Waals surface area contributed by atoms with Gasteiger partial charge in [0.2, 0.25) is 0 Å². The minimum Gasteiger partial charge on any atom is -0.999 e. The van der Waals surface area contributed by atoms with E-state index in [2.05, 4.69) is 24.3 Å². The molecule has 0 aliphatic carbocycles. The van der Waals surface area contributed by atoms with Crippen molar-refractivity contribution in [2.75, 3.05) is 0 Å². The molecule has 2 aromatic carbocycles. The van der Waals surface area contributed by atoms with E-state index in [9.17, 15) is 4.79 Å². The van der Waals surface area contributed by atoms with Crippen LogP contribution in [0.1, 0.15) is 17.3 Å². The molecule has 0 N–H and O–H groups in total. The quantitative estimate of drug-likeness (QED) is 0.412. The summed E-state index contributed by atoms with van der Waals surface area (Å²) >= 11 is 0. The van der Waals surface area contributed by atoms with Crippen molar-refractivity contribution in [3.8, 4) is 0 Å². The van der Waals surface area contributed by atoms with Gasteiger partial charge in [-0.2, -0.15) is 12.1 Å². The first-order valence-electron chi connectivity index (χ1n) is 3.86. The monoisotopic (exact) mass is 224 g/mol. The Kier molecular flexibility index (Phi) is 6.73. The van der Waals surface area contributed by atoms with Crippen molar-refractivity contribution in [1.29, 1.82) is 0 Å². The first kappa shape index (κ1) is 12.9. The summed E-state index contributed by atoms with van der Waals surface area (Å²) in [4.78, 5) is 10.5. The van der Waals surface area contributed by atoms with Crippen LogP contribution >= 0.6 is 0 Å². The van der Waals surface area contributed by atoms with Gasteiger partial charge < -0.3 is 35.1 Å². The molecule has 0 heterocycles. The van der Waals surface area contributed by atoms with Crippen LogP contribution in [-0.4, -0.2) is 5.78 Å². The van der Waals surface area contributed by atoms with Crippen molar-refractivity contribution in [3.63, 3.8) is 0 Å². The molecule has 0 fully saturated rings. The molecule has 0 bridgehead atoms. The summed E-state index contributed by atoms with van der Waals surface area (Å²) in [6, 6.07) is 19.3. The van der Waals surface area contributed by atoms with Crippen molar-refractivity contribution < 1.29 is 21.9 Å². The van der Waals surface area contributed by atoms with Gasteiger partial charge in [-0.15, -0.1) is 0 Å². The molecule has 0 aromatic heterocycles. The zero-order valence-corrected chi connectivity index (χ0v) is 8.75. The fourth-order valence-corrected chi connectivity index (χ4v) is 0.789. The predicted molar refractivity (Wildman–Crippen MR) is 49.4 cm³/mol. The van der Waals surface area contributed by atoms with Gasteiger partial charge in [0, 0.05) is 0 Å². The van der Waals surface area contributed by atoms with Gasteiger partial charge in [0.1, 0.15) is 5.78 Å². The minimum absolute atomic E-state index is 0. The Hall–Kier alpha value is -1.11. The molecule has 1 nitrogen and oxygen atoms in total. The third-order valence-electron chi connectivity index (χ3n) is 1.42. The molecular weight excluding hydrogens is 216 g/mol. The molecule has 0 unspecified atom stereocenters. The summed E-state index contributed by atoms with van der Waals surface area (Å²) in [5, 5.41) is 0. The van der Waals surface area contributed by atoms with E-state index >= 15 is 0 Å². The van der Waals surface area contributed by atoms with Gasteiger partial charge >= 0.3 is 17.1 Å². The Morgan fingerprint density at radius 1 is 1.21 bits per heavy atom. The molecule has 0 atom stereocenters. The number of hydrogen-bond donors (Lipinski definition) is 0. The average Bonchev–Trinajstić information content (AvgIpc) is 2.82. The van der Waals surface area contributed by atoms with Crippen LogP contribution < -0.4 is 0 Å². The number of carbonyl (C=O) groups is 1. The van der Waals surface area contributed by atoms with E-state index < -0.39 is 0 Å². The summed E-state index contributed by atoms with van der Waals surface area (Å²) in [6.45, 7) is 1.56. The van der Waals surface area contributed by atoms with Crippen molar-refractivity contribution >= 4 is 5.78 Å². The molecular formula is C12H8FeO-4. The van der Waals surface area contributed by atoms with Crippen LogP contribution in [0.2, 0.25) is 0 Å². The molecule has 0 saturated heterocycles. The molecule has 2 heteroatoms. The van der Waals surface area contributed by atoms with E-state index in [1.54, 1.807) is 13.0 Å². The van der Waals surface area contributed by atoms with E-state index in [1.807, 2.05) is 24.3 Å². The number of carbonyl (C=O) groups excluding carboxylic acids is 1. The Balaban J connectivity index is 0.000000246. The summed E-state index contributed by atoms with van der Waals surface area (Å²) in [7, 11) is 0. The number of rotatable bonds is 1.